The first-order valence-electron chi connectivity index (χ1n) is 8.24. The van der Waals surface area contributed by atoms with Gasteiger partial charge in [0.15, 0.2) is 0 Å². The Morgan fingerprint density at radius 1 is 1.24 bits per heavy atom. The normalized spacial score (nSPS) is 26.7. The second-order valence-electron chi connectivity index (χ2n) is 6.71. The van der Waals surface area contributed by atoms with E-state index in [1.54, 1.807) is 0 Å². The summed E-state index contributed by atoms with van der Waals surface area (Å²) in [5.41, 5.74) is 1.11. The van der Waals surface area contributed by atoms with Gasteiger partial charge in [0, 0.05) is 18.1 Å². The molecule has 3 rings (SSSR count). The Labute approximate surface area is 132 Å². The molecule has 1 saturated carbocycles. The summed E-state index contributed by atoms with van der Waals surface area (Å²) in [6.45, 7) is 0.796. The van der Waals surface area contributed by atoms with E-state index in [2.05, 4.69) is 0 Å². The molecule has 2 atom stereocenters. The molecule has 2 unspecified atom stereocenters. The molecule has 116 valence electrons. The van der Waals surface area contributed by atoms with Gasteiger partial charge in [0.25, 0.3) is 0 Å². The van der Waals surface area contributed by atoms with Gasteiger partial charge in [0.1, 0.15) is 0 Å². The largest absolute Gasteiger partial charge is 0.392 e. The van der Waals surface area contributed by atoms with Gasteiger partial charge in [-0.3, -0.25) is 0 Å². The van der Waals surface area contributed by atoms with Gasteiger partial charge >= 0.3 is 0 Å². The van der Waals surface area contributed by atoms with Gasteiger partial charge in [0.2, 0.25) is 0 Å². The van der Waals surface area contributed by atoms with E-state index >= 15 is 0 Å². The molecule has 0 radical (unpaired) electrons. The summed E-state index contributed by atoms with van der Waals surface area (Å²) < 4.78 is 6.12. The topological polar surface area (TPSA) is 29.5 Å². The van der Waals surface area contributed by atoms with Crippen LogP contribution in [0.2, 0.25) is 5.02 Å². The van der Waals surface area contributed by atoms with Crippen LogP contribution in [-0.4, -0.2) is 23.4 Å². The van der Waals surface area contributed by atoms with Crippen LogP contribution < -0.4 is 0 Å². The predicted molar refractivity (Wildman–Crippen MR) is 85.7 cm³/mol. The van der Waals surface area contributed by atoms with Crippen molar-refractivity contribution in [3.8, 4) is 0 Å². The van der Waals surface area contributed by atoms with Crippen LogP contribution in [0.5, 0.6) is 0 Å². The van der Waals surface area contributed by atoms with Crippen molar-refractivity contribution in [1.29, 1.82) is 0 Å². The fraction of sp³-hybridized carbons (Fsp3) is 0.667. The molecule has 0 amide bonds. The second kappa shape index (κ2) is 6.68. The van der Waals surface area contributed by atoms with Gasteiger partial charge in [-0.05, 0) is 43.2 Å². The van der Waals surface area contributed by atoms with Crippen molar-refractivity contribution in [2.75, 3.05) is 6.61 Å². The molecule has 1 saturated heterocycles. The fourth-order valence-corrected chi connectivity index (χ4v) is 4.21. The van der Waals surface area contributed by atoms with Crippen molar-refractivity contribution in [2.45, 2.75) is 63.1 Å². The number of aliphatic hydroxyl groups excluding tert-OH is 1. The van der Waals surface area contributed by atoms with Gasteiger partial charge in [-0.15, -0.1) is 0 Å². The van der Waals surface area contributed by atoms with Gasteiger partial charge in [-0.25, -0.2) is 0 Å². The number of ether oxygens (including phenoxy) is 1. The molecule has 21 heavy (non-hydrogen) atoms. The number of hydrogen-bond donors (Lipinski definition) is 1. The summed E-state index contributed by atoms with van der Waals surface area (Å²) in [5.74, 6) is 0.341. The lowest BCUT2D eigenvalue weighted by molar-refractivity contribution is -0.133. The van der Waals surface area contributed by atoms with Gasteiger partial charge in [0.05, 0.1) is 11.7 Å². The molecule has 1 aliphatic heterocycles. The zero-order valence-electron chi connectivity index (χ0n) is 12.6. The highest BCUT2D eigenvalue weighted by Gasteiger charge is 2.40. The van der Waals surface area contributed by atoms with Crippen LogP contribution in [0.4, 0.5) is 0 Å². The average Bonchev–Trinajstić information content (AvgIpc) is 2.50. The molecule has 0 bridgehead atoms. The molecular weight excluding hydrogens is 284 g/mol. The Bertz CT molecular complexity index is 463. The van der Waals surface area contributed by atoms with Gasteiger partial charge in [-0.1, -0.05) is 49.1 Å². The van der Waals surface area contributed by atoms with Crippen LogP contribution in [0.1, 0.15) is 50.5 Å². The summed E-state index contributed by atoms with van der Waals surface area (Å²) in [6.07, 6.45) is 8.53. The van der Waals surface area contributed by atoms with E-state index in [0.29, 0.717) is 12.3 Å². The molecule has 0 aromatic heterocycles. The van der Waals surface area contributed by atoms with Gasteiger partial charge < -0.3 is 9.84 Å². The Morgan fingerprint density at radius 3 is 2.76 bits per heavy atom. The monoisotopic (exact) mass is 308 g/mol. The fourth-order valence-electron chi connectivity index (χ4n) is 3.99. The maximum Gasteiger partial charge on any atom is 0.0686 e. The average molecular weight is 309 g/mol. The molecule has 1 N–H and O–H groups in total. The lowest BCUT2D eigenvalue weighted by Crippen LogP contribution is -2.44. The van der Waals surface area contributed by atoms with Crippen molar-refractivity contribution in [3.05, 3.63) is 34.9 Å². The quantitative estimate of drug-likeness (QED) is 0.898. The lowest BCUT2D eigenvalue weighted by Gasteiger charge is -2.44. The van der Waals surface area contributed by atoms with Crippen LogP contribution in [-0.2, 0) is 11.2 Å². The molecular formula is C18H25ClO2. The minimum absolute atomic E-state index is 0.0582. The first kappa shape index (κ1) is 15.3. The number of hydrogen-bond acceptors (Lipinski definition) is 2. The molecule has 1 aliphatic carbocycles. The standard InChI is InChI=1S/C18H25ClO2/c19-16-7-3-2-6-14(16)12-17(20)15-8-11-21-18(13-15)9-4-1-5-10-18/h2-3,6-7,15,17,20H,1,4-5,8-13H2. The molecule has 1 heterocycles. The first-order chi connectivity index (χ1) is 10.2. The van der Waals surface area contributed by atoms with Crippen LogP contribution in [0, 0.1) is 5.92 Å². The molecule has 1 spiro atoms. The molecule has 1 aromatic rings. The summed E-state index contributed by atoms with van der Waals surface area (Å²) in [4.78, 5) is 0. The lowest BCUT2D eigenvalue weighted by atomic mass is 9.74. The van der Waals surface area contributed by atoms with Crippen molar-refractivity contribution in [3.63, 3.8) is 0 Å². The Kier molecular flexibility index (Phi) is 4.88. The maximum absolute atomic E-state index is 10.7. The van der Waals surface area contributed by atoms with E-state index in [0.717, 1.165) is 30.0 Å². The van der Waals surface area contributed by atoms with Crippen LogP contribution in [0.3, 0.4) is 0 Å². The van der Waals surface area contributed by atoms with E-state index in [-0.39, 0.29) is 11.7 Å². The Morgan fingerprint density at radius 2 is 2.00 bits per heavy atom. The van der Waals surface area contributed by atoms with E-state index in [1.165, 1.54) is 32.1 Å². The van der Waals surface area contributed by atoms with E-state index in [9.17, 15) is 5.11 Å². The number of halogens is 1. The minimum atomic E-state index is -0.312. The van der Waals surface area contributed by atoms with E-state index in [1.807, 2.05) is 24.3 Å². The molecule has 2 aliphatic rings. The molecule has 2 nitrogen and oxygen atoms in total. The Balaban J connectivity index is 1.64. The first-order valence-corrected chi connectivity index (χ1v) is 8.62. The molecule has 2 fully saturated rings. The minimum Gasteiger partial charge on any atom is -0.392 e. The third kappa shape index (κ3) is 3.61. The Hall–Kier alpha value is -0.570. The van der Waals surface area contributed by atoms with E-state index in [4.69, 9.17) is 16.3 Å². The summed E-state index contributed by atoms with van der Waals surface area (Å²) in [7, 11) is 0. The van der Waals surface area contributed by atoms with Crippen molar-refractivity contribution in [2.24, 2.45) is 5.92 Å². The highest BCUT2D eigenvalue weighted by atomic mass is 35.5. The zero-order valence-corrected chi connectivity index (χ0v) is 13.3. The third-order valence-corrected chi connectivity index (χ3v) is 5.60. The summed E-state index contributed by atoms with van der Waals surface area (Å²) in [5, 5.41) is 11.4. The number of benzene rings is 1. The van der Waals surface area contributed by atoms with Crippen LogP contribution in [0.25, 0.3) is 0 Å². The third-order valence-electron chi connectivity index (χ3n) is 5.23. The SMILES string of the molecule is OC(Cc1ccccc1Cl)C1CCOC2(CCCCC2)C1. The maximum atomic E-state index is 10.7. The predicted octanol–water partition coefficient (Wildman–Crippen LogP) is 4.37. The van der Waals surface area contributed by atoms with Crippen molar-refractivity contribution in [1.82, 2.24) is 0 Å². The second-order valence-corrected chi connectivity index (χ2v) is 7.12. The number of aliphatic hydroxyl groups is 1. The van der Waals surface area contributed by atoms with E-state index < -0.39 is 0 Å². The highest BCUT2D eigenvalue weighted by Crippen LogP contribution is 2.42. The summed E-state index contributed by atoms with van der Waals surface area (Å²) in [6, 6.07) is 7.84. The van der Waals surface area contributed by atoms with Crippen molar-refractivity contribution < 1.29 is 9.84 Å². The molecule has 3 heteroatoms. The van der Waals surface area contributed by atoms with Crippen molar-refractivity contribution >= 4 is 11.6 Å². The zero-order chi connectivity index (χ0) is 14.7. The highest BCUT2D eigenvalue weighted by molar-refractivity contribution is 6.31. The van der Waals surface area contributed by atoms with Crippen LogP contribution in [0.15, 0.2) is 24.3 Å². The van der Waals surface area contributed by atoms with Crippen LogP contribution >= 0.6 is 11.6 Å². The molecule has 1 aromatic carbocycles. The number of rotatable bonds is 3. The summed E-state index contributed by atoms with van der Waals surface area (Å²) >= 11 is 6.21. The van der Waals surface area contributed by atoms with Gasteiger partial charge in [-0.2, -0.15) is 0 Å². The smallest absolute Gasteiger partial charge is 0.0686 e.